The van der Waals surface area contributed by atoms with Crippen LogP contribution in [0.1, 0.15) is 24.2 Å². The number of benzene rings is 1. The van der Waals surface area contributed by atoms with Gasteiger partial charge in [0.1, 0.15) is 0 Å². The van der Waals surface area contributed by atoms with E-state index in [1.807, 2.05) is 17.8 Å². The molecule has 3 heteroatoms. The Morgan fingerprint density at radius 2 is 2.07 bits per heavy atom. The molecule has 76 valence electrons. The highest BCUT2D eigenvalue weighted by molar-refractivity contribution is 7.99. The molecule has 1 unspecified atom stereocenters. The maximum absolute atomic E-state index is 5.44. The van der Waals surface area contributed by atoms with Gasteiger partial charge in [0, 0.05) is 17.4 Å². The van der Waals surface area contributed by atoms with E-state index >= 15 is 0 Å². The predicted octanol–water partition coefficient (Wildman–Crippen LogP) is 3.16. The Kier molecular flexibility index (Phi) is 4.98. The maximum Gasteiger partial charge on any atom is 0.0735 e. The standard InChI is InChI=1S/C11H15NS2/c1-9(14-8-7-11(12)13)10-5-3-2-4-6-10/h2-6,9H,7-8H2,1H3,(H2,12,13). The van der Waals surface area contributed by atoms with Gasteiger partial charge in [-0.3, -0.25) is 0 Å². The minimum absolute atomic E-state index is 0.519. The number of hydrogen-bond donors (Lipinski definition) is 1. The molecule has 1 nitrogen and oxygen atoms in total. The molecule has 0 spiro atoms. The normalized spacial score (nSPS) is 12.4. The van der Waals surface area contributed by atoms with Gasteiger partial charge in [-0.1, -0.05) is 42.5 Å². The molecule has 2 N–H and O–H groups in total. The summed E-state index contributed by atoms with van der Waals surface area (Å²) in [4.78, 5) is 0.609. The van der Waals surface area contributed by atoms with E-state index < -0.39 is 0 Å². The fourth-order valence-corrected chi connectivity index (χ4v) is 2.43. The van der Waals surface area contributed by atoms with Crippen LogP contribution in [0.4, 0.5) is 0 Å². The zero-order valence-electron chi connectivity index (χ0n) is 8.27. The van der Waals surface area contributed by atoms with Gasteiger partial charge < -0.3 is 5.73 Å². The van der Waals surface area contributed by atoms with Gasteiger partial charge in [-0.25, -0.2) is 0 Å². The minimum Gasteiger partial charge on any atom is -0.393 e. The van der Waals surface area contributed by atoms with Crippen molar-refractivity contribution < 1.29 is 0 Å². The van der Waals surface area contributed by atoms with E-state index in [4.69, 9.17) is 18.0 Å². The predicted molar refractivity (Wildman–Crippen MR) is 68.7 cm³/mol. The molecule has 0 amide bonds. The van der Waals surface area contributed by atoms with Crippen LogP contribution in [-0.2, 0) is 0 Å². The molecule has 0 aromatic heterocycles. The third-order valence-electron chi connectivity index (χ3n) is 1.99. The summed E-state index contributed by atoms with van der Waals surface area (Å²) in [5.41, 5.74) is 6.80. The molecule has 0 heterocycles. The summed E-state index contributed by atoms with van der Waals surface area (Å²) in [6, 6.07) is 10.5. The lowest BCUT2D eigenvalue weighted by Gasteiger charge is -2.10. The Bertz CT molecular complexity index is 285. The van der Waals surface area contributed by atoms with Crippen molar-refractivity contribution in [2.24, 2.45) is 5.73 Å². The van der Waals surface area contributed by atoms with Crippen molar-refractivity contribution in [3.05, 3.63) is 35.9 Å². The third kappa shape index (κ3) is 4.11. The first kappa shape index (κ1) is 11.5. The third-order valence-corrected chi connectivity index (χ3v) is 3.40. The first-order valence-electron chi connectivity index (χ1n) is 4.65. The Hall–Kier alpha value is -0.540. The van der Waals surface area contributed by atoms with Crippen molar-refractivity contribution >= 4 is 29.0 Å². The molecule has 0 fully saturated rings. The molecule has 0 saturated carbocycles. The lowest BCUT2D eigenvalue weighted by atomic mass is 10.2. The van der Waals surface area contributed by atoms with Crippen LogP contribution in [-0.4, -0.2) is 10.7 Å². The average Bonchev–Trinajstić information content (AvgIpc) is 2.18. The number of nitrogens with two attached hydrogens (primary N) is 1. The van der Waals surface area contributed by atoms with Crippen LogP contribution < -0.4 is 5.73 Å². The highest BCUT2D eigenvalue weighted by Crippen LogP contribution is 2.27. The SMILES string of the molecule is CC(SCCC(N)=S)c1ccccc1. The van der Waals surface area contributed by atoms with Crippen molar-refractivity contribution in [3.8, 4) is 0 Å². The number of rotatable bonds is 5. The summed E-state index contributed by atoms with van der Waals surface area (Å²) in [7, 11) is 0. The molecule has 0 aliphatic heterocycles. The van der Waals surface area contributed by atoms with Crippen molar-refractivity contribution in [2.75, 3.05) is 5.75 Å². The van der Waals surface area contributed by atoms with E-state index in [0.29, 0.717) is 10.2 Å². The molecule has 0 radical (unpaired) electrons. The van der Waals surface area contributed by atoms with Crippen LogP contribution in [0.15, 0.2) is 30.3 Å². The van der Waals surface area contributed by atoms with E-state index in [1.54, 1.807) is 0 Å². The molecule has 0 saturated heterocycles. The molecule has 0 aliphatic rings. The van der Waals surface area contributed by atoms with E-state index in [-0.39, 0.29) is 0 Å². The Morgan fingerprint density at radius 1 is 1.43 bits per heavy atom. The summed E-state index contributed by atoms with van der Waals surface area (Å²) in [6.07, 6.45) is 0.831. The smallest absolute Gasteiger partial charge is 0.0735 e. The van der Waals surface area contributed by atoms with Crippen LogP contribution in [0.2, 0.25) is 0 Å². The number of thioether (sulfide) groups is 1. The second-order valence-electron chi connectivity index (χ2n) is 3.14. The highest BCUT2D eigenvalue weighted by Gasteiger charge is 2.04. The van der Waals surface area contributed by atoms with Crippen molar-refractivity contribution in [2.45, 2.75) is 18.6 Å². The summed E-state index contributed by atoms with van der Waals surface area (Å²) >= 11 is 6.72. The van der Waals surface area contributed by atoms with Crippen molar-refractivity contribution in [1.82, 2.24) is 0 Å². The van der Waals surface area contributed by atoms with Gasteiger partial charge in [-0.2, -0.15) is 11.8 Å². The number of hydrogen-bond acceptors (Lipinski definition) is 2. The zero-order chi connectivity index (χ0) is 10.4. The second kappa shape index (κ2) is 6.04. The summed E-state index contributed by atoms with van der Waals surface area (Å²) < 4.78 is 0. The zero-order valence-corrected chi connectivity index (χ0v) is 9.91. The van der Waals surface area contributed by atoms with Crippen LogP contribution in [0.5, 0.6) is 0 Å². The Balaban J connectivity index is 2.36. The van der Waals surface area contributed by atoms with E-state index in [0.717, 1.165) is 12.2 Å². The van der Waals surface area contributed by atoms with Crippen LogP contribution >= 0.6 is 24.0 Å². The maximum atomic E-state index is 5.44. The molecule has 0 bridgehead atoms. The van der Waals surface area contributed by atoms with Gasteiger partial charge >= 0.3 is 0 Å². The van der Waals surface area contributed by atoms with Crippen LogP contribution in [0.25, 0.3) is 0 Å². The molecule has 0 aliphatic carbocycles. The first-order chi connectivity index (χ1) is 6.70. The summed E-state index contributed by atoms with van der Waals surface area (Å²) in [6.45, 7) is 2.21. The Labute approximate surface area is 95.1 Å². The molecule has 14 heavy (non-hydrogen) atoms. The fourth-order valence-electron chi connectivity index (χ4n) is 1.16. The second-order valence-corrected chi connectivity index (χ2v) is 5.11. The van der Waals surface area contributed by atoms with Crippen molar-refractivity contribution in [1.29, 1.82) is 0 Å². The molecule has 1 aromatic carbocycles. The lowest BCUT2D eigenvalue weighted by Crippen LogP contribution is -2.08. The first-order valence-corrected chi connectivity index (χ1v) is 6.10. The largest absolute Gasteiger partial charge is 0.393 e. The topological polar surface area (TPSA) is 26.0 Å². The van der Waals surface area contributed by atoms with Gasteiger partial charge in [-0.15, -0.1) is 0 Å². The van der Waals surface area contributed by atoms with E-state index in [2.05, 4.69) is 31.2 Å². The summed E-state index contributed by atoms with van der Waals surface area (Å²) in [5.74, 6) is 1.01. The van der Waals surface area contributed by atoms with Crippen LogP contribution in [0.3, 0.4) is 0 Å². The van der Waals surface area contributed by atoms with Gasteiger partial charge in [0.25, 0.3) is 0 Å². The fraction of sp³-hybridized carbons (Fsp3) is 0.364. The summed E-state index contributed by atoms with van der Waals surface area (Å²) in [5, 5.41) is 0.519. The average molecular weight is 225 g/mol. The van der Waals surface area contributed by atoms with E-state index in [1.165, 1.54) is 5.56 Å². The molecular formula is C11H15NS2. The molecule has 1 aromatic rings. The molecule has 1 rings (SSSR count). The van der Waals surface area contributed by atoms with Gasteiger partial charge in [-0.05, 0) is 12.5 Å². The van der Waals surface area contributed by atoms with Gasteiger partial charge in [0.2, 0.25) is 0 Å². The van der Waals surface area contributed by atoms with Crippen molar-refractivity contribution in [3.63, 3.8) is 0 Å². The van der Waals surface area contributed by atoms with Gasteiger partial charge in [0.05, 0.1) is 4.99 Å². The monoisotopic (exact) mass is 225 g/mol. The van der Waals surface area contributed by atoms with Gasteiger partial charge in [0.15, 0.2) is 0 Å². The lowest BCUT2D eigenvalue weighted by molar-refractivity contribution is 1.09. The minimum atomic E-state index is 0.519. The quantitative estimate of drug-likeness (QED) is 0.780. The number of thiocarbonyl (C=S) groups is 1. The van der Waals surface area contributed by atoms with Crippen LogP contribution in [0, 0.1) is 0 Å². The molecule has 1 atom stereocenters. The molecular weight excluding hydrogens is 210 g/mol. The Morgan fingerprint density at radius 3 is 2.64 bits per heavy atom. The van der Waals surface area contributed by atoms with E-state index in [9.17, 15) is 0 Å². The highest BCUT2D eigenvalue weighted by atomic mass is 32.2.